The summed E-state index contributed by atoms with van der Waals surface area (Å²) in [6.07, 6.45) is 3.47. The van der Waals surface area contributed by atoms with Crippen LogP contribution in [0.2, 0.25) is 0 Å². The van der Waals surface area contributed by atoms with E-state index in [0.717, 1.165) is 40.1 Å². The average molecular weight is 401 g/mol. The molecular formula is C20H24N4OS2. The summed E-state index contributed by atoms with van der Waals surface area (Å²) in [6.45, 7) is 6.39. The van der Waals surface area contributed by atoms with Crippen LogP contribution in [0.25, 0.3) is 0 Å². The topological polar surface area (TPSA) is 59.8 Å². The van der Waals surface area contributed by atoms with Gasteiger partial charge in [0.15, 0.2) is 5.78 Å². The summed E-state index contributed by atoms with van der Waals surface area (Å²) >= 11 is 3.33. The number of ketones is 1. The Morgan fingerprint density at radius 1 is 1.26 bits per heavy atom. The molecule has 2 heterocycles. The SMILES string of the molecule is CCSc1nc2n(n1)C(c1ccc(SC)cc1)C1=C(CC(C)(C)CC1=O)N2. The molecule has 0 bridgehead atoms. The molecule has 0 amide bonds. The van der Waals surface area contributed by atoms with E-state index < -0.39 is 0 Å². The lowest BCUT2D eigenvalue weighted by Gasteiger charge is -2.38. The number of Topliss-reactive ketones (excluding diaryl/α,β-unsaturated/α-hetero) is 1. The summed E-state index contributed by atoms with van der Waals surface area (Å²) in [6, 6.07) is 8.22. The predicted octanol–water partition coefficient (Wildman–Crippen LogP) is 4.77. The molecule has 0 spiro atoms. The number of benzene rings is 1. The van der Waals surface area contributed by atoms with Crippen molar-refractivity contribution in [3.8, 4) is 0 Å². The molecule has 1 atom stereocenters. The van der Waals surface area contributed by atoms with Gasteiger partial charge in [-0.25, -0.2) is 4.68 Å². The van der Waals surface area contributed by atoms with Gasteiger partial charge in [-0.05, 0) is 41.5 Å². The molecule has 1 aliphatic carbocycles. The van der Waals surface area contributed by atoms with Crippen LogP contribution in [0.4, 0.5) is 5.95 Å². The second-order valence-corrected chi connectivity index (χ2v) is 9.84. The first-order chi connectivity index (χ1) is 12.9. The van der Waals surface area contributed by atoms with Crippen LogP contribution in [-0.4, -0.2) is 32.6 Å². The van der Waals surface area contributed by atoms with Crippen molar-refractivity contribution in [1.29, 1.82) is 0 Å². The van der Waals surface area contributed by atoms with E-state index in [9.17, 15) is 4.79 Å². The van der Waals surface area contributed by atoms with Crippen molar-refractivity contribution in [3.63, 3.8) is 0 Å². The van der Waals surface area contributed by atoms with Crippen LogP contribution in [0.3, 0.4) is 0 Å². The van der Waals surface area contributed by atoms with Crippen LogP contribution in [-0.2, 0) is 4.79 Å². The average Bonchev–Trinajstić information content (AvgIpc) is 3.01. The second-order valence-electron chi connectivity index (χ2n) is 7.73. The first-order valence-electron chi connectivity index (χ1n) is 9.18. The van der Waals surface area contributed by atoms with Crippen molar-refractivity contribution in [2.45, 2.75) is 49.7 Å². The number of aromatic nitrogens is 3. The maximum atomic E-state index is 13.1. The fourth-order valence-electron chi connectivity index (χ4n) is 3.87. The molecule has 5 nitrogen and oxygen atoms in total. The highest BCUT2D eigenvalue weighted by atomic mass is 32.2. The zero-order valence-corrected chi connectivity index (χ0v) is 17.7. The van der Waals surface area contributed by atoms with E-state index in [1.54, 1.807) is 23.5 Å². The number of carbonyl (C=O) groups is 1. The molecule has 0 radical (unpaired) electrons. The van der Waals surface area contributed by atoms with Gasteiger partial charge in [-0.1, -0.05) is 44.7 Å². The molecule has 2 aliphatic rings. The Balaban J connectivity index is 1.85. The van der Waals surface area contributed by atoms with E-state index in [1.165, 1.54) is 4.90 Å². The molecule has 0 saturated heterocycles. The summed E-state index contributed by atoms with van der Waals surface area (Å²) in [5.74, 6) is 1.85. The highest BCUT2D eigenvalue weighted by Gasteiger charge is 2.41. The number of thioether (sulfide) groups is 2. The summed E-state index contributed by atoms with van der Waals surface area (Å²) in [5.41, 5.74) is 2.88. The Morgan fingerprint density at radius 2 is 2.00 bits per heavy atom. The van der Waals surface area contributed by atoms with E-state index in [-0.39, 0.29) is 17.2 Å². The van der Waals surface area contributed by atoms with Crippen LogP contribution in [0.15, 0.2) is 45.6 Å². The van der Waals surface area contributed by atoms with Gasteiger partial charge in [-0.2, -0.15) is 4.98 Å². The maximum Gasteiger partial charge on any atom is 0.227 e. The molecule has 1 unspecified atom stereocenters. The quantitative estimate of drug-likeness (QED) is 0.746. The first-order valence-corrected chi connectivity index (χ1v) is 11.4. The molecule has 1 aromatic heterocycles. The first kappa shape index (κ1) is 18.6. The zero-order chi connectivity index (χ0) is 19.2. The van der Waals surface area contributed by atoms with Gasteiger partial charge in [0, 0.05) is 22.6 Å². The Morgan fingerprint density at radius 3 is 2.67 bits per heavy atom. The van der Waals surface area contributed by atoms with E-state index in [1.807, 2.05) is 4.68 Å². The van der Waals surface area contributed by atoms with Gasteiger partial charge in [0.05, 0.1) is 0 Å². The lowest BCUT2D eigenvalue weighted by atomic mass is 9.73. The van der Waals surface area contributed by atoms with Crippen LogP contribution in [0, 0.1) is 5.41 Å². The van der Waals surface area contributed by atoms with Crippen molar-refractivity contribution in [2.24, 2.45) is 5.41 Å². The monoisotopic (exact) mass is 400 g/mol. The van der Waals surface area contributed by atoms with Gasteiger partial charge < -0.3 is 5.32 Å². The Labute approximate surface area is 168 Å². The third-order valence-electron chi connectivity index (χ3n) is 5.02. The molecule has 142 valence electrons. The van der Waals surface area contributed by atoms with Gasteiger partial charge in [0.1, 0.15) is 6.04 Å². The molecule has 1 aromatic carbocycles. The van der Waals surface area contributed by atoms with Crippen molar-refractivity contribution < 1.29 is 4.79 Å². The predicted molar refractivity (Wildman–Crippen MR) is 111 cm³/mol. The zero-order valence-electron chi connectivity index (χ0n) is 16.1. The molecule has 27 heavy (non-hydrogen) atoms. The Hall–Kier alpha value is -1.73. The fourth-order valence-corrected chi connectivity index (χ4v) is 4.84. The number of hydrogen-bond acceptors (Lipinski definition) is 6. The largest absolute Gasteiger partial charge is 0.328 e. The van der Waals surface area contributed by atoms with Crippen molar-refractivity contribution in [2.75, 3.05) is 17.3 Å². The highest BCUT2D eigenvalue weighted by molar-refractivity contribution is 7.99. The molecule has 4 rings (SSSR count). The molecule has 1 aliphatic heterocycles. The molecule has 1 N–H and O–H groups in total. The molecule has 7 heteroatoms. The molecular weight excluding hydrogens is 376 g/mol. The maximum absolute atomic E-state index is 13.1. The standard InChI is InChI=1S/C20H24N4OS2/c1-5-27-19-22-18-21-14-10-20(2,3)11-15(25)16(14)17(24(18)23-19)12-6-8-13(26-4)9-7-12/h6-9,17H,5,10-11H2,1-4H3,(H,21,22,23). The van der Waals surface area contributed by atoms with Gasteiger partial charge in [0.25, 0.3) is 0 Å². The van der Waals surface area contributed by atoms with Crippen LogP contribution in [0.1, 0.15) is 45.2 Å². The third-order valence-corrected chi connectivity index (χ3v) is 6.48. The number of fused-ring (bicyclic) bond motifs is 1. The molecule has 0 fully saturated rings. The molecule has 0 saturated carbocycles. The number of hydrogen-bond donors (Lipinski definition) is 1. The van der Waals surface area contributed by atoms with Gasteiger partial charge in [-0.15, -0.1) is 16.9 Å². The number of anilines is 1. The van der Waals surface area contributed by atoms with Crippen molar-refractivity contribution in [3.05, 3.63) is 41.1 Å². The number of allylic oxidation sites excluding steroid dienone is 2. The lowest BCUT2D eigenvalue weighted by Crippen LogP contribution is -2.36. The Bertz CT molecular complexity index is 915. The van der Waals surface area contributed by atoms with Gasteiger partial charge in [0.2, 0.25) is 11.1 Å². The number of carbonyl (C=O) groups excluding carboxylic acids is 1. The minimum atomic E-state index is -0.213. The summed E-state index contributed by atoms with van der Waals surface area (Å²) < 4.78 is 1.89. The number of nitrogens with zero attached hydrogens (tertiary/aromatic N) is 3. The summed E-state index contributed by atoms with van der Waals surface area (Å²) in [4.78, 5) is 19.0. The van der Waals surface area contributed by atoms with E-state index in [0.29, 0.717) is 6.42 Å². The van der Waals surface area contributed by atoms with Crippen LogP contribution < -0.4 is 5.32 Å². The van der Waals surface area contributed by atoms with Gasteiger partial charge in [-0.3, -0.25) is 4.79 Å². The summed E-state index contributed by atoms with van der Waals surface area (Å²) in [7, 11) is 0. The Kier molecular flexibility index (Phi) is 4.84. The minimum Gasteiger partial charge on any atom is -0.328 e. The molecule has 2 aromatic rings. The summed E-state index contributed by atoms with van der Waals surface area (Å²) in [5, 5.41) is 8.88. The van der Waals surface area contributed by atoms with Crippen LogP contribution >= 0.6 is 23.5 Å². The highest BCUT2D eigenvalue weighted by Crippen LogP contribution is 2.45. The van der Waals surface area contributed by atoms with Crippen molar-refractivity contribution in [1.82, 2.24) is 14.8 Å². The minimum absolute atomic E-state index is 0.0423. The number of nitrogens with one attached hydrogen (secondary N) is 1. The fraction of sp³-hybridized carbons (Fsp3) is 0.450. The smallest absolute Gasteiger partial charge is 0.227 e. The van der Waals surface area contributed by atoms with Crippen molar-refractivity contribution >= 4 is 35.3 Å². The third kappa shape index (κ3) is 3.43. The van der Waals surface area contributed by atoms with E-state index in [2.05, 4.69) is 61.6 Å². The van der Waals surface area contributed by atoms with E-state index >= 15 is 0 Å². The van der Waals surface area contributed by atoms with Gasteiger partial charge >= 0.3 is 0 Å². The second kappa shape index (κ2) is 7.02. The van der Waals surface area contributed by atoms with E-state index in [4.69, 9.17) is 5.10 Å². The normalized spacial score (nSPS) is 20.9. The number of rotatable bonds is 4. The van der Waals surface area contributed by atoms with Crippen LogP contribution in [0.5, 0.6) is 0 Å². The lowest BCUT2D eigenvalue weighted by molar-refractivity contribution is -0.118.